The summed E-state index contributed by atoms with van der Waals surface area (Å²) in [6.45, 7) is 2.34. The molecule has 2 heterocycles. The van der Waals surface area contributed by atoms with Gasteiger partial charge in [0.15, 0.2) is 11.5 Å². The Morgan fingerprint density at radius 1 is 1.13 bits per heavy atom. The quantitative estimate of drug-likeness (QED) is 0.587. The summed E-state index contributed by atoms with van der Waals surface area (Å²) in [6.07, 6.45) is 2.23. The zero-order valence-corrected chi connectivity index (χ0v) is 17.7. The minimum atomic E-state index is -0.501. The van der Waals surface area contributed by atoms with Gasteiger partial charge < -0.3 is 19.5 Å². The fourth-order valence-corrected chi connectivity index (χ4v) is 3.67. The first kappa shape index (κ1) is 20.5. The molecule has 1 aliphatic rings. The molecule has 8 heteroatoms. The van der Waals surface area contributed by atoms with Crippen LogP contribution < -0.4 is 14.8 Å². The molecule has 160 valence electrons. The van der Waals surface area contributed by atoms with Gasteiger partial charge in [0.25, 0.3) is 0 Å². The van der Waals surface area contributed by atoms with Gasteiger partial charge in [-0.1, -0.05) is 36.4 Å². The van der Waals surface area contributed by atoms with Gasteiger partial charge in [0, 0.05) is 12.1 Å². The summed E-state index contributed by atoms with van der Waals surface area (Å²) in [5.41, 5.74) is 3.13. The molecule has 1 atom stereocenters. The number of fused-ring (bicyclic) bond motifs is 1. The highest BCUT2D eigenvalue weighted by Gasteiger charge is 2.34. The number of carbonyl (C=O) groups is 1. The van der Waals surface area contributed by atoms with E-state index in [1.165, 1.54) is 19.0 Å². The first-order chi connectivity index (χ1) is 15.1. The summed E-state index contributed by atoms with van der Waals surface area (Å²) in [5, 5.41) is 7.41. The number of rotatable bonds is 7. The zero-order chi connectivity index (χ0) is 21.8. The number of benzene rings is 2. The average Bonchev–Trinajstić information content (AvgIpc) is 3.26. The standard InChI is InChI=1S/C23H24N4O4/c1-15-20(22(28)30-3)21(27-23(26-15)24-14-25-27)17-9-10-18(19(13-17)29-2)31-12-11-16-7-5-4-6-8-16/h4-10,13-14,21H,11-12H2,1-3H3,(H,24,25,26). The molecule has 0 bridgehead atoms. The minimum Gasteiger partial charge on any atom is -0.493 e. The number of nitrogens with zero attached hydrogens (tertiary/aromatic N) is 3. The van der Waals surface area contributed by atoms with Crippen LogP contribution in [0.3, 0.4) is 0 Å². The molecule has 1 aliphatic heterocycles. The maximum Gasteiger partial charge on any atom is 0.338 e. The van der Waals surface area contributed by atoms with Gasteiger partial charge in [-0.2, -0.15) is 10.1 Å². The number of esters is 1. The molecule has 0 radical (unpaired) electrons. The fourth-order valence-electron chi connectivity index (χ4n) is 3.67. The molecule has 0 spiro atoms. The van der Waals surface area contributed by atoms with Crippen LogP contribution in [-0.4, -0.2) is 41.6 Å². The molecule has 1 N–H and O–H groups in total. The predicted octanol–water partition coefficient (Wildman–Crippen LogP) is 3.37. The van der Waals surface area contributed by atoms with Gasteiger partial charge in [-0.05, 0) is 30.2 Å². The Hall–Kier alpha value is -3.81. The average molecular weight is 420 g/mol. The van der Waals surface area contributed by atoms with E-state index in [-0.39, 0.29) is 0 Å². The summed E-state index contributed by atoms with van der Waals surface area (Å²) < 4.78 is 18.2. The van der Waals surface area contributed by atoms with Crippen LogP contribution in [0.2, 0.25) is 0 Å². The van der Waals surface area contributed by atoms with Crippen LogP contribution in [0.1, 0.15) is 24.1 Å². The van der Waals surface area contributed by atoms with Gasteiger partial charge in [-0.25, -0.2) is 9.48 Å². The van der Waals surface area contributed by atoms with E-state index in [0.717, 1.165) is 12.0 Å². The molecule has 8 nitrogen and oxygen atoms in total. The van der Waals surface area contributed by atoms with E-state index in [4.69, 9.17) is 14.2 Å². The van der Waals surface area contributed by atoms with Gasteiger partial charge in [-0.15, -0.1) is 0 Å². The Morgan fingerprint density at radius 3 is 2.68 bits per heavy atom. The van der Waals surface area contributed by atoms with Gasteiger partial charge in [-0.3, -0.25) is 0 Å². The first-order valence-electron chi connectivity index (χ1n) is 9.92. The highest BCUT2D eigenvalue weighted by atomic mass is 16.5. The molecule has 0 fully saturated rings. The molecule has 31 heavy (non-hydrogen) atoms. The predicted molar refractivity (Wildman–Crippen MR) is 115 cm³/mol. The maximum atomic E-state index is 12.6. The smallest absolute Gasteiger partial charge is 0.338 e. The number of nitrogens with one attached hydrogen (secondary N) is 1. The molecule has 1 aromatic heterocycles. The van der Waals surface area contributed by atoms with Crippen LogP contribution in [0.25, 0.3) is 0 Å². The number of ether oxygens (including phenoxy) is 3. The summed E-state index contributed by atoms with van der Waals surface area (Å²) in [5.74, 6) is 1.33. The molecule has 0 amide bonds. The van der Waals surface area contributed by atoms with Crippen molar-refractivity contribution >= 4 is 11.9 Å². The fraction of sp³-hybridized carbons (Fsp3) is 0.261. The number of anilines is 1. The number of aromatic nitrogens is 3. The molecule has 4 rings (SSSR count). The molecular formula is C23H24N4O4. The SMILES string of the molecule is COC(=O)C1=C(C)Nc2ncnn2C1c1ccc(OCCc2ccccc2)c(OC)c1. The molecule has 1 unspecified atom stereocenters. The van der Waals surface area contributed by atoms with Gasteiger partial charge in [0.05, 0.1) is 26.4 Å². The van der Waals surface area contributed by atoms with Crippen LogP contribution in [0.5, 0.6) is 11.5 Å². The van der Waals surface area contributed by atoms with Crippen molar-refractivity contribution in [3.05, 3.63) is 77.3 Å². The second-order valence-electron chi connectivity index (χ2n) is 7.08. The Labute approximate surface area is 180 Å². The van der Waals surface area contributed by atoms with E-state index in [1.807, 2.05) is 43.3 Å². The lowest BCUT2D eigenvalue weighted by atomic mass is 9.95. The zero-order valence-electron chi connectivity index (χ0n) is 17.7. The van der Waals surface area contributed by atoms with E-state index in [1.54, 1.807) is 11.8 Å². The monoisotopic (exact) mass is 420 g/mol. The molecule has 3 aromatic rings. The second kappa shape index (κ2) is 8.91. The van der Waals surface area contributed by atoms with Crippen LogP contribution in [0, 0.1) is 0 Å². The molecule has 0 aliphatic carbocycles. The number of carbonyl (C=O) groups excluding carboxylic acids is 1. The Bertz CT molecular complexity index is 1110. The summed E-state index contributed by atoms with van der Waals surface area (Å²) in [4.78, 5) is 16.8. The highest BCUT2D eigenvalue weighted by Crippen LogP contribution is 2.38. The number of methoxy groups -OCH3 is 2. The van der Waals surface area contributed by atoms with Crippen LogP contribution in [-0.2, 0) is 16.0 Å². The largest absolute Gasteiger partial charge is 0.493 e. The normalized spacial score (nSPS) is 15.1. The Balaban J connectivity index is 1.62. The Kier molecular flexibility index (Phi) is 5.88. The third-order valence-electron chi connectivity index (χ3n) is 5.19. The van der Waals surface area contributed by atoms with Crippen molar-refractivity contribution in [1.82, 2.24) is 14.8 Å². The number of hydrogen-bond acceptors (Lipinski definition) is 7. The van der Waals surface area contributed by atoms with Crippen molar-refractivity contribution in [2.24, 2.45) is 0 Å². The van der Waals surface area contributed by atoms with E-state index in [0.29, 0.717) is 35.3 Å². The molecule has 2 aromatic carbocycles. The summed E-state index contributed by atoms with van der Waals surface area (Å²) in [6, 6.07) is 15.3. The number of hydrogen-bond donors (Lipinski definition) is 1. The third kappa shape index (κ3) is 4.09. The van der Waals surface area contributed by atoms with Crippen LogP contribution in [0.15, 0.2) is 66.1 Å². The van der Waals surface area contributed by atoms with Crippen molar-refractivity contribution in [1.29, 1.82) is 0 Å². The van der Waals surface area contributed by atoms with E-state index in [2.05, 4.69) is 27.5 Å². The summed E-state index contributed by atoms with van der Waals surface area (Å²) >= 11 is 0. The van der Waals surface area contributed by atoms with Gasteiger partial charge >= 0.3 is 5.97 Å². The lowest BCUT2D eigenvalue weighted by Gasteiger charge is -2.28. The Morgan fingerprint density at radius 2 is 1.94 bits per heavy atom. The number of allylic oxidation sites excluding steroid dienone is 1. The van der Waals surface area contributed by atoms with Crippen molar-refractivity contribution in [3.63, 3.8) is 0 Å². The van der Waals surface area contributed by atoms with E-state index >= 15 is 0 Å². The van der Waals surface area contributed by atoms with E-state index in [9.17, 15) is 4.79 Å². The topological polar surface area (TPSA) is 87.5 Å². The lowest BCUT2D eigenvalue weighted by molar-refractivity contribution is -0.136. The molecule has 0 saturated carbocycles. The third-order valence-corrected chi connectivity index (χ3v) is 5.19. The van der Waals surface area contributed by atoms with Crippen molar-refractivity contribution in [2.75, 3.05) is 26.1 Å². The van der Waals surface area contributed by atoms with E-state index < -0.39 is 12.0 Å². The van der Waals surface area contributed by atoms with Crippen molar-refractivity contribution < 1.29 is 19.0 Å². The molecular weight excluding hydrogens is 396 g/mol. The lowest BCUT2D eigenvalue weighted by Crippen LogP contribution is -2.29. The van der Waals surface area contributed by atoms with Crippen LogP contribution >= 0.6 is 0 Å². The van der Waals surface area contributed by atoms with Crippen molar-refractivity contribution in [2.45, 2.75) is 19.4 Å². The highest BCUT2D eigenvalue weighted by molar-refractivity contribution is 5.92. The first-order valence-corrected chi connectivity index (χ1v) is 9.92. The van der Waals surface area contributed by atoms with Crippen LogP contribution in [0.4, 0.5) is 5.95 Å². The van der Waals surface area contributed by atoms with Crippen molar-refractivity contribution in [3.8, 4) is 11.5 Å². The molecule has 0 saturated heterocycles. The second-order valence-corrected chi connectivity index (χ2v) is 7.08. The summed E-state index contributed by atoms with van der Waals surface area (Å²) in [7, 11) is 2.95. The van der Waals surface area contributed by atoms with Gasteiger partial charge in [0.2, 0.25) is 5.95 Å². The van der Waals surface area contributed by atoms with Gasteiger partial charge in [0.1, 0.15) is 12.4 Å². The maximum absolute atomic E-state index is 12.6. The minimum absolute atomic E-state index is 0.432.